The van der Waals surface area contributed by atoms with E-state index in [0.29, 0.717) is 17.8 Å². The fourth-order valence-electron chi connectivity index (χ4n) is 2.61. The molecular formula is C18H17FO2. The van der Waals surface area contributed by atoms with Crippen LogP contribution in [0, 0.1) is 12.7 Å². The van der Waals surface area contributed by atoms with Crippen molar-refractivity contribution in [1.82, 2.24) is 0 Å². The second-order valence-electron chi connectivity index (χ2n) is 5.27. The van der Waals surface area contributed by atoms with Crippen molar-refractivity contribution in [1.29, 1.82) is 0 Å². The SMILES string of the molecule is Cc1c(C(O)CCc2ccccc2)oc2ccc(F)cc12. The first-order chi connectivity index (χ1) is 10.1. The maximum Gasteiger partial charge on any atom is 0.136 e. The highest BCUT2D eigenvalue weighted by atomic mass is 19.1. The molecular weight excluding hydrogens is 267 g/mol. The first kappa shape index (κ1) is 13.8. The van der Waals surface area contributed by atoms with E-state index in [1.54, 1.807) is 6.07 Å². The Kier molecular flexibility index (Phi) is 3.76. The molecule has 3 heteroatoms. The Morgan fingerprint density at radius 2 is 1.90 bits per heavy atom. The first-order valence-electron chi connectivity index (χ1n) is 7.05. The molecule has 0 bridgehead atoms. The van der Waals surface area contributed by atoms with Crippen LogP contribution in [0.3, 0.4) is 0 Å². The third-order valence-electron chi connectivity index (χ3n) is 3.79. The minimum Gasteiger partial charge on any atom is -0.458 e. The van der Waals surface area contributed by atoms with Gasteiger partial charge in [0.25, 0.3) is 0 Å². The van der Waals surface area contributed by atoms with E-state index in [4.69, 9.17) is 4.42 Å². The molecule has 0 aliphatic carbocycles. The number of halogens is 1. The second kappa shape index (κ2) is 5.70. The lowest BCUT2D eigenvalue weighted by Gasteiger charge is -2.09. The molecule has 0 saturated heterocycles. The molecule has 3 aromatic rings. The van der Waals surface area contributed by atoms with E-state index in [0.717, 1.165) is 17.4 Å². The van der Waals surface area contributed by atoms with Crippen LogP contribution in [0.5, 0.6) is 0 Å². The average Bonchev–Trinajstić information content (AvgIpc) is 2.83. The van der Waals surface area contributed by atoms with Crippen molar-refractivity contribution in [2.24, 2.45) is 0 Å². The molecule has 1 aromatic heterocycles. The van der Waals surface area contributed by atoms with E-state index < -0.39 is 6.10 Å². The van der Waals surface area contributed by atoms with Gasteiger partial charge in [0, 0.05) is 10.9 Å². The molecule has 0 aliphatic heterocycles. The smallest absolute Gasteiger partial charge is 0.136 e. The summed E-state index contributed by atoms with van der Waals surface area (Å²) >= 11 is 0. The minimum absolute atomic E-state index is 0.295. The van der Waals surface area contributed by atoms with Crippen molar-refractivity contribution >= 4 is 11.0 Å². The number of benzene rings is 2. The Morgan fingerprint density at radius 3 is 2.67 bits per heavy atom. The quantitative estimate of drug-likeness (QED) is 0.762. The molecule has 21 heavy (non-hydrogen) atoms. The van der Waals surface area contributed by atoms with Crippen LogP contribution in [0.1, 0.15) is 29.4 Å². The van der Waals surface area contributed by atoms with E-state index in [-0.39, 0.29) is 5.82 Å². The molecule has 108 valence electrons. The van der Waals surface area contributed by atoms with Gasteiger partial charge in [-0.25, -0.2) is 4.39 Å². The van der Waals surface area contributed by atoms with Gasteiger partial charge in [-0.05, 0) is 43.5 Å². The van der Waals surface area contributed by atoms with Crippen LogP contribution in [0.25, 0.3) is 11.0 Å². The Morgan fingerprint density at radius 1 is 1.14 bits per heavy atom. The lowest BCUT2D eigenvalue weighted by molar-refractivity contribution is 0.142. The molecule has 1 heterocycles. The highest BCUT2D eigenvalue weighted by Gasteiger charge is 2.18. The summed E-state index contributed by atoms with van der Waals surface area (Å²) in [5.41, 5.74) is 2.60. The molecule has 1 N–H and O–H groups in total. The summed E-state index contributed by atoms with van der Waals surface area (Å²) in [6.45, 7) is 1.85. The largest absolute Gasteiger partial charge is 0.458 e. The van der Waals surface area contributed by atoms with Gasteiger partial charge >= 0.3 is 0 Å². The average molecular weight is 284 g/mol. The monoisotopic (exact) mass is 284 g/mol. The predicted molar refractivity (Wildman–Crippen MR) is 80.6 cm³/mol. The highest BCUT2D eigenvalue weighted by molar-refractivity contribution is 5.82. The topological polar surface area (TPSA) is 33.4 Å². The summed E-state index contributed by atoms with van der Waals surface area (Å²) in [6, 6.07) is 14.4. The van der Waals surface area contributed by atoms with Crippen molar-refractivity contribution < 1.29 is 13.9 Å². The number of fused-ring (bicyclic) bond motifs is 1. The van der Waals surface area contributed by atoms with Crippen molar-refractivity contribution in [2.45, 2.75) is 25.9 Å². The molecule has 0 spiro atoms. The third-order valence-corrected chi connectivity index (χ3v) is 3.79. The maximum absolute atomic E-state index is 13.3. The van der Waals surface area contributed by atoms with Gasteiger partial charge in [0.15, 0.2) is 0 Å². The van der Waals surface area contributed by atoms with Gasteiger partial charge in [0.1, 0.15) is 23.3 Å². The molecule has 0 amide bonds. The van der Waals surface area contributed by atoms with Crippen molar-refractivity contribution in [3.8, 4) is 0 Å². The molecule has 0 aliphatic rings. The number of aryl methyl sites for hydroxylation is 2. The van der Waals surface area contributed by atoms with Crippen molar-refractivity contribution in [3.05, 3.63) is 71.2 Å². The standard InChI is InChI=1S/C18H17FO2/c1-12-15-11-14(19)8-10-17(15)21-18(12)16(20)9-7-13-5-3-2-4-6-13/h2-6,8,10-11,16,20H,7,9H2,1H3. The van der Waals surface area contributed by atoms with Gasteiger partial charge < -0.3 is 9.52 Å². The lowest BCUT2D eigenvalue weighted by atomic mass is 10.0. The van der Waals surface area contributed by atoms with Gasteiger partial charge in [-0.15, -0.1) is 0 Å². The van der Waals surface area contributed by atoms with E-state index in [9.17, 15) is 9.50 Å². The fourth-order valence-corrected chi connectivity index (χ4v) is 2.61. The van der Waals surface area contributed by atoms with Gasteiger partial charge in [0.2, 0.25) is 0 Å². The number of hydrogen-bond acceptors (Lipinski definition) is 2. The number of aliphatic hydroxyl groups is 1. The summed E-state index contributed by atoms with van der Waals surface area (Å²) in [6.07, 6.45) is 0.667. The second-order valence-corrected chi connectivity index (χ2v) is 5.27. The van der Waals surface area contributed by atoms with E-state index >= 15 is 0 Å². The molecule has 0 saturated carbocycles. The molecule has 2 aromatic carbocycles. The molecule has 1 atom stereocenters. The van der Waals surface area contributed by atoms with E-state index in [1.165, 1.54) is 17.7 Å². The van der Waals surface area contributed by atoms with Crippen molar-refractivity contribution in [3.63, 3.8) is 0 Å². The molecule has 0 fully saturated rings. The number of hydrogen-bond donors (Lipinski definition) is 1. The Labute approximate surface area is 122 Å². The van der Waals surface area contributed by atoms with Gasteiger partial charge in [-0.3, -0.25) is 0 Å². The highest BCUT2D eigenvalue weighted by Crippen LogP contribution is 2.31. The summed E-state index contributed by atoms with van der Waals surface area (Å²) in [4.78, 5) is 0. The normalized spacial score (nSPS) is 12.7. The summed E-state index contributed by atoms with van der Waals surface area (Å²) in [5.74, 6) is 0.239. The van der Waals surface area contributed by atoms with Gasteiger partial charge in [0.05, 0.1) is 0 Å². The zero-order valence-corrected chi connectivity index (χ0v) is 11.8. The molecule has 3 rings (SSSR count). The van der Waals surface area contributed by atoms with Crippen molar-refractivity contribution in [2.75, 3.05) is 0 Å². The van der Waals surface area contributed by atoms with E-state index in [1.807, 2.05) is 37.3 Å². The van der Waals surface area contributed by atoms with Crippen LogP contribution in [0.15, 0.2) is 52.9 Å². The zero-order chi connectivity index (χ0) is 14.8. The number of aliphatic hydroxyl groups excluding tert-OH is 1. The molecule has 2 nitrogen and oxygen atoms in total. The van der Waals surface area contributed by atoms with Crippen LogP contribution in [-0.4, -0.2) is 5.11 Å². The van der Waals surface area contributed by atoms with Gasteiger partial charge in [-0.1, -0.05) is 30.3 Å². The lowest BCUT2D eigenvalue weighted by Crippen LogP contribution is -1.99. The van der Waals surface area contributed by atoms with Crippen LogP contribution in [-0.2, 0) is 6.42 Å². The Balaban J connectivity index is 1.81. The van der Waals surface area contributed by atoms with Gasteiger partial charge in [-0.2, -0.15) is 0 Å². The van der Waals surface area contributed by atoms with Crippen LogP contribution < -0.4 is 0 Å². The summed E-state index contributed by atoms with van der Waals surface area (Å²) < 4.78 is 19.0. The number of rotatable bonds is 4. The van der Waals surface area contributed by atoms with Crippen LogP contribution in [0.2, 0.25) is 0 Å². The van der Waals surface area contributed by atoms with Crippen LogP contribution in [0.4, 0.5) is 4.39 Å². The molecule has 1 unspecified atom stereocenters. The first-order valence-corrected chi connectivity index (χ1v) is 7.05. The summed E-state index contributed by atoms with van der Waals surface area (Å²) in [7, 11) is 0. The summed E-state index contributed by atoms with van der Waals surface area (Å²) in [5, 5.41) is 11.1. The van der Waals surface area contributed by atoms with E-state index in [2.05, 4.69) is 0 Å². The fraction of sp³-hybridized carbons (Fsp3) is 0.222. The maximum atomic E-state index is 13.3. The number of furan rings is 1. The zero-order valence-electron chi connectivity index (χ0n) is 11.8. The molecule has 0 radical (unpaired) electrons. The van der Waals surface area contributed by atoms with Crippen LogP contribution >= 0.6 is 0 Å². The Hall–Kier alpha value is -2.13. The predicted octanol–water partition coefficient (Wildman–Crippen LogP) is 4.55. The minimum atomic E-state index is -0.680. The third kappa shape index (κ3) is 2.83. The Bertz CT molecular complexity index is 747.